The van der Waals surface area contributed by atoms with Gasteiger partial charge in [0, 0.05) is 24.8 Å². The van der Waals surface area contributed by atoms with Crippen molar-refractivity contribution >= 4 is 11.5 Å². The Morgan fingerprint density at radius 1 is 1.05 bits per heavy atom. The summed E-state index contributed by atoms with van der Waals surface area (Å²) in [4.78, 5) is 6.29. The van der Waals surface area contributed by atoms with Gasteiger partial charge in [-0.15, -0.1) is 0 Å². The molecule has 3 heterocycles. The summed E-state index contributed by atoms with van der Waals surface area (Å²) in [7, 11) is 0. The Bertz CT molecular complexity index is 797. The highest BCUT2D eigenvalue weighted by Crippen LogP contribution is 2.26. The van der Waals surface area contributed by atoms with Crippen LogP contribution in [0.2, 0.25) is 0 Å². The Hall–Kier alpha value is -2.47. The van der Waals surface area contributed by atoms with E-state index in [0.717, 1.165) is 24.5 Å². The highest BCUT2D eigenvalue weighted by Gasteiger charge is 2.20. The smallest absolute Gasteiger partial charge is 0.195 e. The molecule has 0 aliphatic carbocycles. The van der Waals surface area contributed by atoms with Gasteiger partial charge in [-0.1, -0.05) is 30.3 Å². The largest absolute Gasteiger partial charge is 0.378 e. The Morgan fingerprint density at radius 3 is 2.59 bits per heavy atom. The summed E-state index contributed by atoms with van der Waals surface area (Å²) in [6.07, 6.45) is 1.62. The van der Waals surface area contributed by atoms with Gasteiger partial charge < -0.3 is 9.64 Å². The zero-order valence-corrected chi connectivity index (χ0v) is 11.9. The van der Waals surface area contributed by atoms with Gasteiger partial charge in [0.15, 0.2) is 11.5 Å². The number of fused-ring (bicyclic) bond motifs is 1. The Labute approximate surface area is 127 Å². The molecule has 5 nitrogen and oxygen atoms in total. The minimum Gasteiger partial charge on any atom is -0.378 e. The van der Waals surface area contributed by atoms with Crippen LogP contribution >= 0.6 is 0 Å². The lowest BCUT2D eigenvalue weighted by molar-refractivity contribution is 0.122. The summed E-state index contributed by atoms with van der Waals surface area (Å²) in [5.41, 5.74) is 1.33. The molecule has 6 heteroatoms. The molecule has 0 N–H and O–H groups in total. The van der Waals surface area contributed by atoms with Crippen molar-refractivity contribution in [1.29, 1.82) is 0 Å². The van der Waals surface area contributed by atoms with E-state index >= 15 is 0 Å². The van der Waals surface area contributed by atoms with Crippen molar-refractivity contribution in [3.05, 3.63) is 48.4 Å². The van der Waals surface area contributed by atoms with Crippen molar-refractivity contribution in [2.24, 2.45) is 0 Å². The Balaban J connectivity index is 1.87. The molecule has 4 rings (SSSR count). The molecule has 1 aliphatic heterocycles. The minimum atomic E-state index is -0.388. The van der Waals surface area contributed by atoms with Gasteiger partial charge in [0.1, 0.15) is 11.5 Å². The molecule has 0 unspecified atom stereocenters. The third-order valence-corrected chi connectivity index (χ3v) is 3.82. The van der Waals surface area contributed by atoms with Crippen LogP contribution in [0.3, 0.4) is 0 Å². The number of halogens is 1. The fourth-order valence-electron chi connectivity index (χ4n) is 2.72. The quantitative estimate of drug-likeness (QED) is 0.728. The second-order valence-corrected chi connectivity index (χ2v) is 5.17. The predicted octanol–water partition coefficient (Wildman–Crippen LogP) is 2.37. The lowest BCUT2D eigenvalue weighted by Crippen LogP contribution is -2.37. The van der Waals surface area contributed by atoms with Crippen molar-refractivity contribution in [3.8, 4) is 11.3 Å². The molecule has 0 radical (unpaired) electrons. The molecule has 1 saturated heterocycles. The molecule has 0 saturated carbocycles. The average Bonchev–Trinajstić information content (AvgIpc) is 2.94. The van der Waals surface area contributed by atoms with Crippen molar-refractivity contribution in [1.82, 2.24) is 14.6 Å². The predicted molar refractivity (Wildman–Crippen MR) is 81.4 cm³/mol. The summed E-state index contributed by atoms with van der Waals surface area (Å²) in [5.74, 6) is 0.454. The van der Waals surface area contributed by atoms with E-state index in [1.807, 2.05) is 36.4 Å². The molecule has 1 fully saturated rings. The van der Waals surface area contributed by atoms with Gasteiger partial charge in [-0.3, -0.25) is 0 Å². The maximum Gasteiger partial charge on any atom is 0.195 e. The SMILES string of the molecule is Fc1c(-c2ccccc2)nn2c(N3CCOCC3)ccnc12. The molecule has 1 aliphatic rings. The highest BCUT2D eigenvalue weighted by molar-refractivity contribution is 5.66. The van der Waals surface area contributed by atoms with E-state index in [1.165, 1.54) is 0 Å². The van der Waals surface area contributed by atoms with Crippen LogP contribution in [0.1, 0.15) is 0 Å². The average molecular weight is 298 g/mol. The number of benzene rings is 1. The first-order valence-electron chi connectivity index (χ1n) is 7.26. The molecular weight excluding hydrogens is 283 g/mol. The zero-order valence-electron chi connectivity index (χ0n) is 11.9. The second-order valence-electron chi connectivity index (χ2n) is 5.17. The number of hydrogen-bond acceptors (Lipinski definition) is 4. The number of ether oxygens (including phenoxy) is 1. The number of hydrogen-bond donors (Lipinski definition) is 0. The number of aromatic nitrogens is 3. The second kappa shape index (κ2) is 5.38. The van der Waals surface area contributed by atoms with Gasteiger partial charge in [0.2, 0.25) is 0 Å². The molecule has 0 atom stereocenters. The number of rotatable bonds is 2. The summed E-state index contributed by atoms with van der Waals surface area (Å²) >= 11 is 0. The summed E-state index contributed by atoms with van der Waals surface area (Å²) in [6.45, 7) is 2.86. The standard InChI is InChI=1S/C16H15FN4O/c17-14-15(12-4-2-1-3-5-12)19-21-13(6-7-18-16(14)21)20-8-10-22-11-9-20/h1-7H,8-11H2. The molecular formula is C16H15FN4O. The van der Waals surface area contributed by atoms with Crippen LogP contribution in [0.5, 0.6) is 0 Å². The maximum absolute atomic E-state index is 14.7. The number of morpholine rings is 1. The van der Waals surface area contributed by atoms with Crippen LogP contribution in [0.25, 0.3) is 16.9 Å². The van der Waals surface area contributed by atoms with Gasteiger partial charge in [-0.2, -0.15) is 9.61 Å². The van der Waals surface area contributed by atoms with Crippen molar-refractivity contribution in [2.75, 3.05) is 31.2 Å². The summed E-state index contributed by atoms with van der Waals surface area (Å²) in [5, 5.41) is 4.45. The first kappa shape index (κ1) is 13.2. The van der Waals surface area contributed by atoms with Gasteiger partial charge in [-0.25, -0.2) is 9.37 Å². The Morgan fingerprint density at radius 2 is 1.82 bits per heavy atom. The van der Waals surface area contributed by atoms with Gasteiger partial charge in [0.25, 0.3) is 0 Å². The number of nitrogens with zero attached hydrogens (tertiary/aromatic N) is 4. The Kier molecular flexibility index (Phi) is 3.23. The van der Waals surface area contributed by atoms with Crippen molar-refractivity contribution < 1.29 is 9.13 Å². The molecule has 3 aromatic rings. The van der Waals surface area contributed by atoms with Crippen molar-refractivity contribution in [3.63, 3.8) is 0 Å². The van der Waals surface area contributed by atoms with E-state index in [9.17, 15) is 4.39 Å². The van der Waals surface area contributed by atoms with Gasteiger partial charge in [0.05, 0.1) is 13.2 Å². The molecule has 22 heavy (non-hydrogen) atoms. The van der Waals surface area contributed by atoms with Gasteiger partial charge in [-0.05, 0) is 6.07 Å². The molecule has 1 aromatic carbocycles. The minimum absolute atomic E-state index is 0.253. The van der Waals surface area contributed by atoms with E-state index in [0.29, 0.717) is 18.9 Å². The van der Waals surface area contributed by atoms with E-state index in [4.69, 9.17) is 4.74 Å². The van der Waals surface area contributed by atoms with E-state index < -0.39 is 0 Å². The first-order valence-corrected chi connectivity index (χ1v) is 7.26. The molecule has 0 spiro atoms. The van der Waals surface area contributed by atoms with E-state index in [1.54, 1.807) is 10.7 Å². The molecule has 2 aromatic heterocycles. The van der Waals surface area contributed by atoms with Crippen LogP contribution in [-0.4, -0.2) is 40.9 Å². The third kappa shape index (κ3) is 2.12. The number of anilines is 1. The highest BCUT2D eigenvalue weighted by atomic mass is 19.1. The van der Waals surface area contributed by atoms with Gasteiger partial charge >= 0.3 is 0 Å². The monoisotopic (exact) mass is 298 g/mol. The van der Waals surface area contributed by atoms with Crippen LogP contribution in [-0.2, 0) is 4.74 Å². The first-order chi connectivity index (χ1) is 10.8. The summed E-state index contributed by atoms with van der Waals surface area (Å²) < 4.78 is 21.6. The fraction of sp³-hybridized carbons (Fsp3) is 0.250. The molecule has 0 amide bonds. The third-order valence-electron chi connectivity index (χ3n) is 3.82. The summed E-state index contributed by atoms with van der Waals surface area (Å²) in [6, 6.07) is 11.2. The van der Waals surface area contributed by atoms with Crippen molar-refractivity contribution in [2.45, 2.75) is 0 Å². The molecule has 112 valence electrons. The van der Waals surface area contributed by atoms with Crippen LogP contribution < -0.4 is 4.90 Å². The van der Waals surface area contributed by atoms with E-state index in [2.05, 4.69) is 15.0 Å². The van der Waals surface area contributed by atoms with Crippen LogP contribution in [0.4, 0.5) is 10.2 Å². The van der Waals surface area contributed by atoms with E-state index in [-0.39, 0.29) is 11.5 Å². The lowest BCUT2D eigenvalue weighted by atomic mass is 10.1. The van der Waals surface area contributed by atoms with Crippen LogP contribution in [0.15, 0.2) is 42.6 Å². The lowest BCUT2D eigenvalue weighted by Gasteiger charge is -2.28. The normalized spacial score (nSPS) is 15.4. The zero-order chi connectivity index (χ0) is 14.9. The molecule has 0 bridgehead atoms. The fourth-order valence-corrected chi connectivity index (χ4v) is 2.72. The topological polar surface area (TPSA) is 42.7 Å². The van der Waals surface area contributed by atoms with Crippen LogP contribution in [0, 0.1) is 5.82 Å². The maximum atomic E-state index is 14.7.